The van der Waals surface area contributed by atoms with Crippen molar-refractivity contribution >= 4 is 47.3 Å². The van der Waals surface area contributed by atoms with Crippen LogP contribution in [0.2, 0.25) is 0 Å². The van der Waals surface area contributed by atoms with Gasteiger partial charge in [0.2, 0.25) is 41.4 Å². The lowest BCUT2D eigenvalue weighted by atomic mass is 10.1. The number of hydrogen-bond acceptors (Lipinski definition) is 12. The number of aliphatic carboxylic acids is 1. The molecule has 53 heavy (non-hydrogen) atoms. The molecule has 0 spiro atoms. The number of aromatic nitrogens is 6. The number of carboxylic acids is 1. The summed E-state index contributed by atoms with van der Waals surface area (Å²) in [6.45, 7) is -0.727. The molecule has 23 heteroatoms. The number of rotatable bonds is 23. The van der Waals surface area contributed by atoms with E-state index in [1.807, 2.05) is 0 Å². The lowest BCUT2D eigenvalue weighted by Gasteiger charge is -2.24. The van der Waals surface area contributed by atoms with Crippen molar-refractivity contribution in [2.45, 2.75) is 75.2 Å². The van der Waals surface area contributed by atoms with Gasteiger partial charge in [-0.2, -0.15) is 0 Å². The zero-order chi connectivity index (χ0) is 38.9. The summed E-state index contributed by atoms with van der Waals surface area (Å²) >= 11 is 0. The van der Waals surface area contributed by atoms with Gasteiger partial charge >= 0.3 is 5.97 Å². The number of amides is 7. The first-order chi connectivity index (χ1) is 25.2. The van der Waals surface area contributed by atoms with Gasteiger partial charge in [-0.25, -0.2) is 19.7 Å². The zero-order valence-electron chi connectivity index (χ0n) is 28.3. The first-order valence-corrected chi connectivity index (χ1v) is 16.2. The minimum atomic E-state index is -1.54. The Morgan fingerprint density at radius 2 is 1.04 bits per heavy atom. The summed E-state index contributed by atoms with van der Waals surface area (Å²) in [5.74, 6) is -7.29. The highest BCUT2D eigenvalue weighted by molar-refractivity contribution is 5.95. The molecule has 286 valence electrons. The van der Waals surface area contributed by atoms with E-state index < -0.39 is 84.1 Å². The Morgan fingerprint density at radius 1 is 0.604 bits per heavy atom. The fourth-order valence-corrected chi connectivity index (χ4v) is 4.84. The number of carbonyl (C=O) groups excluding carboxylic acids is 7. The molecule has 7 amide bonds. The van der Waals surface area contributed by atoms with Gasteiger partial charge in [-0.3, -0.25) is 33.6 Å². The van der Waals surface area contributed by atoms with Gasteiger partial charge in [0, 0.05) is 67.8 Å². The van der Waals surface area contributed by atoms with Gasteiger partial charge < -0.3 is 63.8 Å². The predicted octanol–water partition coefficient (Wildman–Crippen LogP) is -5.12. The second kappa shape index (κ2) is 20.3. The second-order valence-electron chi connectivity index (χ2n) is 11.8. The first kappa shape index (κ1) is 40.8. The molecule has 15 N–H and O–H groups in total. The molecule has 0 unspecified atom stereocenters. The van der Waals surface area contributed by atoms with Gasteiger partial charge in [0.05, 0.1) is 31.6 Å². The summed E-state index contributed by atoms with van der Waals surface area (Å²) in [5.41, 5.74) is 17.8. The van der Waals surface area contributed by atoms with E-state index in [2.05, 4.69) is 56.5 Å². The lowest BCUT2D eigenvalue weighted by Crippen LogP contribution is -2.58. The maximum Gasteiger partial charge on any atom is 0.326 e. The average molecular weight is 743 g/mol. The van der Waals surface area contributed by atoms with Gasteiger partial charge in [0.15, 0.2) is 0 Å². The van der Waals surface area contributed by atoms with E-state index in [-0.39, 0.29) is 44.9 Å². The molecule has 3 rings (SSSR count). The van der Waals surface area contributed by atoms with Gasteiger partial charge in [-0.05, 0) is 12.8 Å². The van der Waals surface area contributed by atoms with Crippen molar-refractivity contribution in [3.05, 3.63) is 54.7 Å². The van der Waals surface area contributed by atoms with Crippen LogP contribution in [-0.4, -0.2) is 119 Å². The van der Waals surface area contributed by atoms with E-state index >= 15 is 0 Å². The van der Waals surface area contributed by atoms with E-state index in [4.69, 9.17) is 17.2 Å². The number of carboxylic acid groups (broad SMARTS) is 1. The quantitative estimate of drug-likeness (QED) is 0.0433. The van der Waals surface area contributed by atoms with E-state index in [9.17, 15) is 43.5 Å². The SMILES string of the molecule is NC(=O)CC[C@H](NC(=O)[C@H](CCC(N)=O)NC(=O)CNC(=O)[C@H](Cc1cnc[nH]1)NC(=O)[C@H](Cc1cnc[nH]1)NC(=O)[C@@H](N)Cc1cnc[nH]1)C(=O)O. The molecule has 0 saturated heterocycles. The molecule has 0 radical (unpaired) electrons. The van der Waals surface area contributed by atoms with Crippen LogP contribution in [0.25, 0.3) is 0 Å². The molecule has 3 aromatic heterocycles. The normalized spacial score (nSPS) is 13.7. The van der Waals surface area contributed by atoms with Gasteiger partial charge in [-0.15, -0.1) is 0 Å². The minimum absolute atomic E-state index is 0.0603. The maximum atomic E-state index is 13.6. The number of nitrogens with one attached hydrogen (secondary N) is 8. The third kappa shape index (κ3) is 14.2. The fourth-order valence-electron chi connectivity index (χ4n) is 4.84. The summed E-state index contributed by atoms with van der Waals surface area (Å²) in [6.07, 6.45) is 7.04. The number of nitrogens with two attached hydrogens (primary N) is 3. The molecule has 0 aliphatic rings. The largest absolute Gasteiger partial charge is 0.480 e. The van der Waals surface area contributed by atoms with Crippen molar-refractivity contribution in [1.82, 2.24) is 56.5 Å². The van der Waals surface area contributed by atoms with Crippen LogP contribution in [0.4, 0.5) is 0 Å². The molecule has 5 atom stereocenters. The highest BCUT2D eigenvalue weighted by Gasteiger charge is 2.31. The predicted molar refractivity (Wildman–Crippen MR) is 180 cm³/mol. The topological polar surface area (TPSA) is 381 Å². The van der Waals surface area contributed by atoms with E-state index in [0.717, 1.165) is 0 Å². The Balaban J connectivity index is 1.70. The maximum absolute atomic E-state index is 13.6. The Kier molecular flexibility index (Phi) is 15.6. The van der Waals surface area contributed by atoms with Crippen LogP contribution in [0.3, 0.4) is 0 Å². The summed E-state index contributed by atoms with van der Waals surface area (Å²) in [5, 5.41) is 21.5. The Hall–Kier alpha value is -6.65. The smallest absolute Gasteiger partial charge is 0.326 e. The molecular formula is C30H42N14O9. The number of nitrogens with zero attached hydrogens (tertiary/aromatic N) is 3. The minimum Gasteiger partial charge on any atom is -0.480 e. The number of aromatic amines is 3. The molecule has 23 nitrogen and oxygen atoms in total. The highest BCUT2D eigenvalue weighted by atomic mass is 16.4. The van der Waals surface area contributed by atoms with Crippen LogP contribution in [0.1, 0.15) is 42.8 Å². The standard InChI is InChI=1S/C30H42N14O9/c31-18(5-15-8-34-12-38-15)26(48)43-22(7-17-10-36-14-40-17)29(51)44-21(6-16-9-35-13-39-16)27(49)37-11-25(47)41-19(1-3-23(32)45)28(50)42-20(30(52)53)2-4-24(33)46/h8-10,12-14,18-22H,1-7,11,31H2,(H2,32,45)(H2,33,46)(H,34,38)(H,35,39)(H,36,40)(H,37,49)(H,41,47)(H,42,50)(H,43,48)(H,44,51)(H,52,53)/t18-,19-,20-,21-,22-/m0/s1. The number of H-pyrrole nitrogens is 3. The fraction of sp³-hybridized carbons (Fsp3) is 0.433. The number of carbonyl (C=O) groups is 8. The van der Waals surface area contributed by atoms with Crippen LogP contribution in [0, 0.1) is 0 Å². The van der Waals surface area contributed by atoms with E-state index in [1.165, 1.54) is 37.6 Å². The van der Waals surface area contributed by atoms with E-state index in [1.54, 1.807) is 0 Å². The number of hydrogen-bond donors (Lipinski definition) is 12. The van der Waals surface area contributed by atoms with Crippen LogP contribution >= 0.6 is 0 Å². The molecule has 0 aromatic carbocycles. The molecule has 0 aliphatic heterocycles. The molecule has 0 bridgehead atoms. The summed E-state index contributed by atoms with van der Waals surface area (Å²) in [4.78, 5) is 120. The Bertz CT molecular complexity index is 1700. The van der Waals surface area contributed by atoms with Crippen molar-refractivity contribution in [3.63, 3.8) is 0 Å². The lowest BCUT2D eigenvalue weighted by molar-refractivity contribution is -0.142. The van der Waals surface area contributed by atoms with Crippen molar-refractivity contribution in [1.29, 1.82) is 0 Å². The van der Waals surface area contributed by atoms with Crippen molar-refractivity contribution in [2.24, 2.45) is 17.2 Å². The van der Waals surface area contributed by atoms with Crippen LogP contribution < -0.4 is 43.8 Å². The van der Waals surface area contributed by atoms with Gasteiger partial charge in [0.1, 0.15) is 24.2 Å². The number of imidazole rings is 3. The Morgan fingerprint density at radius 3 is 1.51 bits per heavy atom. The third-order valence-corrected chi connectivity index (χ3v) is 7.60. The van der Waals surface area contributed by atoms with Crippen molar-refractivity contribution in [2.75, 3.05) is 6.54 Å². The Labute approximate surface area is 300 Å². The molecule has 0 fully saturated rings. The van der Waals surface area contributed by atoms with Gasteiger partial charge in [-0.1, -0.05) is 0 Å². The zero-order valence-corrected chi connectivity index (χ0v) is 28.3. The summed E-state index contributed by atoms with van der Waals surface area (Å²) in [6, 6.07) is -6.63. The summed E-state index contributed by atoms with van der Waals surface area (Å²) in [7, 11) is 0. The number of primary amides is 2. The van der Waals surface area contributed by atoms with Crippen LogP contribution in [-0.2, 0) is 57.6 Å². The molecular weight excluding hydrogens is 700 g/mol. The first-order valence-electron chi connectivity index (χ1n) is 16.2. The molecule has 3 heterocycles. The van der Waals surface area contributed by atoms with Crippen molar-refractivity contribution < 1.29 is 43.5 Å². The molecule has 0 saturated carbocycles. The third-order valence-electron chi connectivity index (χ3n) is 7.60. The second-order valence-corrected chi connectivity index (χ2v) is 11.8. The van der Waals surface area contributed by atoms with E-state index in [0.29, 0.717) is 17.1 Å². The average Bonchev–Trinajstić information content (AvgIpc) is 3.92. The monoisotopic (exact) mass is 742 g/mol. The summed E-state index contributed by atoms with van der Waals surface area (Å²) < 4.78 is 0. The van der Waals surface area contributed by atoms with Crippen LogP contribution in [0.15, 0.2) is 37.6 Å². The van der Waals surface area contributed by atoms with Crippen LogP contribution in [0.5, 0.6) is 0 Å². The van der Waals surface area contributed by atoms with Crippen molar-refractivity contribution in [3.8, 4) is 0 Å². The molecule has 3 aromatic rings. The highest BCUT2D eigenvalue weighted by Crippen LogP contribution is 2.06. The van der Waals surface area contributed by atoms with Gasteiger partial charge in [0.25, 0.3) is 0 Å². The molecule has 0 aliphatic carbocycles.